The van der Waals surface area contributed by atoms with Crippen LogP contribution in [-0.4, -0.2) is 54.9 Å². The van der Waals surface area contributed by atoms with Gasteiger partial charge < -0.3 is 10.1 Å². The van der Waals surface area contributed by atoms with Crippen molar-refractivity contribution in [1.29, 1.82) is 0 Å². The van der Waals surface area contributed by atoms with Crippen molar-refractivity contribution in [1.82, 2.24) is 19.6 Å². The van der Waals surface area contributed by atoms with Crippen LogP contribution in [0, 0.1) is 0 Å². The highest BCUT2D eigenvalue weighted by molar-refractivity contribution is 7.89. The fourth-order valence-electron chi connectivity index (χ4n) is 3.18. The Balaban J connectivity index is 1.36. The third kappa shape index (κ3) is 4.96. The smallest absolute Gasteiger partial charge is 0.254 e. The topological polar surface area (TPSA) is 101 Å². The molecule has 1 saturated heterocycles. The Labute approximate surface area is 181 Å². The van der Waals surface area contributed by atoms with Gasteiger partial charge in [-0.15, -0.1) is 0 Å². The third-order valence-corrected chi connectivity index (χ3v) is 6.84. The molecule has 4 rings (SSSR count). The standard InChI is InChI=1S/C22H22N4O4S/c27-22(19-15-23-21(24-16-19)18-4-2-1-3-5-18)25-14-17-6-8-20(9-7-17)31(28,29)26-10-12-30-13-11-26/h1-9,15-16H,10-14H2,(H,25,27). The summed E-state index contributed by atoms with van der Waals surface area (Å²) in [7, 11) is -3.53. The van der Waals surface area contributed by atoms with Gasteiger partial charge in [-0.3, -0.25) is 4.79 Å². The lowest BCUT2D eigenvalue weighted by Gasteiger charge is -2.26. The molecule has 3 aromatic rings. The quantitative estimate of drug-likeness (QED) is 0.632. The first-order chi connectivity index (χ1) is 15.0. The minimum absolute atomic E-state index is 0.231. The predicted octanol–water partition coefficient (Wildman–Crippen LogP) is 2.09. The van der Waals surface area contributed by atoms with E-state index < -0.39 is 10.0 Å². The normalized spacial score (nSPS) is 14.8. The predicted molar refractivity (Wildman–Crippen MR) is 115 cm³/mol. The largest absolute Gasteiger partial charge is 0.379 e. The number of carbonyl (C=O) groups is 1. The van der Waals surface area contributed by atoms with Crippen LogP contribution in [0.3, 0.4) is 0 Å². The van der Waals surface area contributed by atoms with Crippen LogP contribution in [0.25, 0.3) is 11.4 Å². The summed E-state index contributed by atoms with van der Waals surface area (Å²) in [5.41, 5.74) is 2.02. The van der Waals surface area contributed by atoms with Crippen molar-refractivity contribution in [2.24, 2.45) is 0 Å². The molecular weight excluding hydrogens is 416 g/mol. The summed E-state index contributed by atoms with van der Waals surface area (Å²) >= 11 is 0. The fraction of sp³-hybridized carbons (Fsp3) is 0.227. The van der Waals surface area contributed by atoms with Gasteiger partial charge in [-0.1, -0.05) is 42.5 Å². The van der Waals surface area contributed by atoms with Crippen molar-refractivity contribution >= 4 is 15.9 Å². The second kappa shape index (κ2) is 9.34. The van der Waals surface area contributed by atoms with Crippen LogP contribution in [0.5, 0.6) is 0 Å². The van der Waals surface area contributed by atoms with E-state index in [-0.39, 0.29) is 17.3 Å². The molecule has 31 heavy (non-hydrogen) atoms. The number of benzene rings is 2. The van der Waals surface area contributed by atoms with Crippen molar-refractivity contribution in [3.05, 3.63) is 78.1 Å². The lowest BCUT2D eigenvalue weighted by Crippen LogP contribution is -2.40. The number of nitrogens with one attached hydrogen (secondary N) is 1. The van der Waals surface area contributed by atoms with Crippen molar-refractivity contribution in [3.63, 3.8) is 0 Å². The maximum absolute atomic E-state index is 12.7. The Hall–Kier alpha value is -3.14. The molecule has 2 aromatic carbocycles. The summed E-state index contributed by atoms with van der Waals surface area (Å²) in [4.78, 5) is 21.1. The molecule has 1 aromatic heterocycles. The molecule has 0 spiro atoms. The van der Waals surface area contributed by atoms with E-state index in [2.05, 4.69) is 15.3 Å². The maximum atomic E-state index is 12.7. The number of ether oxygens (including phenoxy) is 1. The van der Waals surface area contributed by atoms with E-state index >= 15 is 0 Å². The summed E-state index contributed by atoms with van der Waals surface area (Å²) in [5, 5.41) is 2.80. The number of morpholine rings is 1. The van der Waals surface area contributed by atoms with Gasteiger partial charge in [-0.05, 0) is 17.7 Å². The van der Waals surface area contributed by atoms with Crippen molar-refractivity contribution in [2.75, 3.05) is 26.3 Å². The van der Waals surface area contributed by atoms with Gasteiger partial charge in [0, 0.05) is 37.6 Å². The first-order valence-electron chi connectivity index (χ1n) is 9.86. The Morgan fingerprint density at radius 2 is 1.61 bits per heavy atom. The summed E-state index contributed by atoms with van der Waals surface area (Å²) in [6, 6.07) is 16.0. The van der Waals surface area contributed by atoms with E-state index in [0.717, 1.165) is 11.1 Å². The van der Waals surface area contributed by atoms with E-state index in [0.29, 0.717) is 37.7 Å². The minimum Gasteiger partial charge on any atom is -0.379 e. The molecule has 8 nitrogen and oxygen atoms in total. The number of aromatic nitrogens is 2. The molecule has 0 atom stereocenters. The van der Waals surface area contributed by atoms with E-state index in [1.807, 2.05) is 30.3 Å². The van der Waals surface area contributed by atoms with Gasteiger partial charge in [0.2, 0.25) is 10.0 Å². The molecule has 1 aliphatic heterocycles. The van der Waals surface area contributed by atoms with Gasteiger partial charge in [-0.2, -0.15) is 4.31 Å². The van der Waals surface area contributed by atoms with Crippen LogP contribution in [-0.2, 0) is 21.3 Å². The SMILES string of the molecule is O=C(NCc1ccc(S(=O)(=O)N2CCOCC2)cc1)c1cnc(-c2ccccc2)nc1. The van der Waals surface area contributed by atoms with E-state index in [1.54, 1.807) is 24.3 Å². The monoisotopic (exact) mass is 438 g/mol. The molecule has 1 fully saturated rings. The molecule has 1 aliphatic rings. The molecule has 160 valence electrons. The second-order valence-corrected chi connectivity index (χ2v) is 8.94. The third-order valence-electron chi connectivity index (χ3n) is 4.93. The zero-order chi connectivity index (χ0) is 21.7. The number of carbonyl (C=O) groups excluding carboxylic acids is 1. The van der Waals surface area contributed by atoms with Crippen molar-refractivity contribution < 1.29 is 17.9 Å². The number of sulfonamides is 1. The molecule has 1 amide bonds. The summed E-state index contributed by atoms with van der Waals surface area (Å²) < 4.78 is 32.0. The van der Waals surface area contributed by atoms with Crippen LogP contribution in [0.2, 0.25) is 0 Å². The molecule has 0 aliphatic carbocycles. The highest BCUT2D eigenvalue weighted by Crippen LogP contribution is 2.18. The number of rotatable bonds is 6. The average molecular weight is 439 g/mol. The minimum atomic E-state index is -3.53. The molecule has 0 bridgehead atoms. The molecular formula is C22H22N4O4S. The summed E-state index contributed by atoms with van der Waals surface area (Å²) in [5.74, 6) is 0.249. The van der Waals surface area contributed by atoms with Gasteiger partial charge in [0.25, 0.3) is 5.91 Å². The highest BCUT2D eigenvalue weighted by Gasteiger charge is 2.26. The Morgan fingerprint density at radius 3 is 2.26 bits per heavy atom. The molecule has 1 N–H and O–H groups in total. The van der Waals surface area contributed by atoms with E-state index in [1.165, 1.54) is 16.7 Å². The molecule has 0 unspecified atom stereocenters. The molecule has 0 saturated carbocycles. The van der Waals surface area contributed by atoms with Crippen LogP contribution in [0.4, 0.5) is 0 Å². The van der Waals surface area contributed by atoms with E-state index in [9.17, 15) is 13.2 Å². The van der Waals surface area contributed by atoms with Crippen molar-refractivity contribution in [2.45, 2.75) is 11.4 Å². The summed E-state index contributed by atoms with van der Waals surface area (Å²) in [6.45, 7) is 1.77. The first kappa shape index (κ1) is 21.1. The number of hydrogen-bond acceptors (Lipinski definition) is 6. The number of amides is 1. The highest BCUT2D eigenvalue weighted by atomic mass is 32.2. The lowest BCUT2D eigenvalue weighted by atomic mass is 10.2. The Kier molecular flexibility index (Phi) is 6.36. The maximum Gasteiger partial charge on any atom is 0.254 e. The van der Waals surface area contributed by atoms with Gasteiger partial charge >= 0.3 is 0 Å². The first-order valence-corrected chi connectivity index (χ1v) is 11.3. The number of nitrogens with zero attached hydrogens (tertiary/aromatic N) is 3. The Bertz CT molecular complexity index is 1130. The average Bonchev–Trinajstić information content (AvgIpc) is 2.84. The van der Waals surface area contributed by atoms with Crippen LogP contribution in [0.1, 0.15) is 15.9 Å². The van der Waals surface area contributed by atoms with Crippen LogP contribution >= 0.6 is 0 Å². The zero-order valence-electron chi connectivity index (χ0n) is 16.8. The Morgan fingerprint density at radius 1 is 0.968 bits per heavy atom. The van der Waals surface area contributed by atoms with E-state index in [4.69, 9.17) is 4.74 Å². The molecule has 2 heterocycles. The molecule has 0 radical (unpaired) electrons. The lowest BCUT2D eigenvalue weighted by molar-refractivity contribution is 0.0730. The second-order valence-electron chi connectivity index (χ2n) is 7.00. The summed E-state index contributed by atoms with van der Waals surface area (Å²) in [6.07, 6.45) is 2.98. The van der Waals surface area contributed by atoms with Gasteiger partial charge in [-0.25, -0.2) is 18.4 Å². The zero-order valence-corrected chi connectivity index (χ0v) is 17.6. The fourth-order valence-corrected chi connectivity index (χ4v) is 4.59. The van der Waals surface area contributed by atoms with Crippen LogP contribution < -0.4 is 5.32 Å². The van der Waals surface area contributed by atoms with Gasteiger partial charge in [0.1, 0.15) is 0 Å². The van der Waals surface area contributed by atoms with Crippen LogP contribution in [0.15, 0.2) is 71.9 Å². The van der Waals surface area contributed by atoms with Crippen molar-refractivity contribution in [3.8, 4) is 11.4 Å². The molecule has 9 heteroatoms. The van der Waals surface area contributed by atoms with Gasteiger partial charge in [0.15, 0.2) is 5.82 Å². The van der Waals surface area contributed by atoms with Gasteiger partial charge in [0.05, 0.1) is 23.7 Å². The number of hydrogen-bond donors (Lipinski definition) is 1.